The first-order chi connectivity index (χ1) is 17.7. The van der Waals surface area contributed by atoms with Crippen LogP contribution in [-0.2, 0) is 0 Å². The third kappa shape index (κ3) is 4.45. The van der Waals surface area contributed by atoms with Crippen LogP contribution in [0.5, 0.6) is 0 Å². The Hall–Kier alpha value is -4.10. The van der Waals surface area contributed by atoms with Crippen molar-refractivity contribution in [2.75, 3.05) is 26.2 Å². The second-order valence-corrected chi connectivity index (χ2v) is 9.43. The SMILES string of the molecule is C=N/C=C\C(=C/N)c1sc(-c2nnc[nH]2)c(C(c2ccc3ccccc3c2)N2CCNCC2)c1C#N. The van der Waals surface area contributed by atoms with E-state index in [0.29, 0.717) is 17.0 Å². The van der Waals surface area contributed by atoms with Crippen LogP contribution < -0.4 is 11.1 Å². The largest absolute Gasteiger partial charge is 0.404 e. The highest BCUT2D eigenvalue weighted by Gasteiger charge is 2.33. The van der Waals surface area contributed by atoms with Crippen molar-refractivity contribution in [3.8, 4) is 16.8 Å². The van der Waals surface area contributed by atoms with Crippen LogP contribution in [0.1, 0.15) is 27.6 Å². The van der Waals surface area contributed by atoms with Gasteiger partial charge in [0.05, 0.1) is 21.4 Å². The summed E-state index contributed by atoms with van der Waals surface area (Å²) in [6.07, 6.45) is 6.40. The molecule has 1 saturated heterocycles. The Labute approximate surface area is 213 Å². The van der Waals surface area contributed by atoms with E-state index in [9.17, 15) is 5.26 Å². The highest BCUT2D eigenvalue weighted by atomic mass is 32.1. The first-order valence-electron chi connectivity index (χ1n) is 11.7. The number of hydrogen-bond donors (Lipinski definition) is 3. The van der Waals surface area contributed by atoms with Crippen LogP contribution in [0.2, 0.25) is 0 Å². The number of nitrogens with one attached hydrogen (secondary N) is 2. The normalized spacial score (nSPS) is 15.8. The number of aliphatic imine (C=N–C) groups is 1. The van der Waals surface area contributed by atoms with Gasteiger partial charge >= 0.3 is 0 Å². The summed E-state index contributed by atoms with van der Waals surface area (Å²) in [6.45, 7) is 6.97. The van der Waals surface area contributed by atoms with Crippen molar-refractivity contribution < 1.29 is 0 Å². The Kier molecular flexibility index (Phi) is 7.00. The minimum absolute atomic E-state index is 0.156. The molecule has 0 bridgehead atoms. The van der Waals surface area contributed by atoms with Crippen molar-refractivity contribution in [1.29, 1.82) is 5.26 Å². The number of rotatable bonds is 7. The number of hydrogen-bond acceptors (Lipinski definition) is 8. The fraction of sp³-hybridized carbons (Fsp3) is 0.185. The number of nitrogens with two attached hydrogens (primary N) is 1. The minimum Gasteiger partial charge on any atom is -0.404 e. The molecule has 0 aliphatic carbocycles. The maximum absolute atomic E-state index is 10.5. The number of H-pyrrole nitrogens is 1. The highest BCUT2D eigenvalue weighted by Crippen LogP contribution is 2.46. The van der Waals surface area contributed by atoms with Crippen LogP contribution in [0.3, 0.4) is 0 Å². The van der Waals surface area contributed by atoms with Crippen LogP contribution in [0.15, 0.2) is 72.3 Å². The smallest absolute Gasteiger partial charge is 0.171 e. The maximum Gasteiger partial charge on any atom is 0.171 e. The maximum atomic E-state index is 10.5. The molecule has 36 heavy (non-hydrogen) atoms. The molecule has 1 unspecified atom stereocenters. The second kappa shape index (κ2) is 10.7. The first kappa shape index (κ1) is 23.6. The number of nitriles is 1. The van der Waals surface area contributed by atoms with Crippen molar-refractivity contribution >= 4 is 34.4 Å². The Balaban J connectivity index is 1.78. The van der Waals surface area contributed by atoms with E-state index < -0.39 is 0 Å². The molecule has 2 aromatic carbocycles. The highest BCUT2D eigenvalue weighted by molar-refractivity contribution is 7.17. The van der Waals surface area contributed by atoms with Gasteiger partial charge in [-0.1, -0.05) is 36.4 Å². The monoisotopic (exact) mass is 494 g/mol. The Bertz CT molecular complexity index is 1470. The van der Waals surface area contributed by atoms with Crippen LogP contribution >= 0.6 is 11.3 Å². The summed E-state index contributed by atoms with van der Waals surface area (Å²) in [4.78, 5) is 11.0. The molecule has 0 saturated carbocycles. The molecule has 9 heteroatoms. The summed E-state index contributed by atoms with van der Waals surface area (Å²) >= 11 is 1.48. The van der Waals surface area contributed by atoms with Gasteiger partial charge < -0.3 is 16.0 Å². The predicted molar refractivity (Wildman–Crippen MR) is 145 cm³/mol. The van der Waals surface area contributed by atoms with Crippen LogP contribution in [0, 0.1) is 11.3 Å². The molecule has 180 valence electrons. The minimum atomic E-state index is -0.156. The molecule has 2 aromatic heterocycles. The molecule has 8 nitrogen and oxygen atoms in total. The lowest BCUT2D eigenvalue weighted by Crippen LogP contribution is -2.45. The topological polar surface area (TPSA) is 119 Å². The zero-order valence-corrected chi connectivity index (χ0v) is 20.5. The van der Waals surface area contributed by atoms with Gasteiger partial charge in [-0.05, 0) is 35.2 Å². The molecule has 0 spiro atoms. The molecule has 1 atom stereocenters. The lowest BCUT2D eigenvalue weighted by molar-refractivity contribution is 0.199. The fourth-order valence-electron chi connectivity index (χ4n) is 4.73. The summed E-state index contributed by atoms with van der Waals surface area (Å²) in [5.74, 6) is 0.626. The second-order valence-electron chi connectivity index (χ2n) is 8.41. The van der Waals surface area contributed by atoms with E-state index in [1.54, 1.807) is 18.6 Å². The van der Waals surface area contributed by atoms with E-state index in [-0.39, 0.29) is 6.04 Å². The number of benzene rings is 2. The van der Waals surface area contributed by atoms with Crippen molar-refractivity contribution in [3.05, 3.63) is 88.8 Å². The molecule has 1 aliphatic rings. The summed E-state index contributed by atoms with van der Waals surface area (Å²) in [5.41, 5.74) is 9.32. The van der Waals surface area contributed by atoms with Gasteiger partial charge in [-0.25, -0.2) is 0 Å². The van der Waals surface area contributed by atoms with Gasteiger partial charge in [0, 0.05) is 49.7 Å². The zero-order chi connectivity index (χ0) is 24.9. The zero-order valence-electron chi connectivity index (χ0n) is 19.7. The van der Waals surface area contributed by atoms with E-state index >= 15 is 0 Å². The predicted octanol–water partition coefficient (Wildman–Crippen LogP) is 4.07. The number of nitrogens with zero attached hydrogens (tertiary/aromatic N) is 5. The van der Waals surface area contributed by atoms with Gasteiger partial charge in [-0.3, -0.25) is 9.89 Å². The number of fused-ring (bicyclic) bond motifs is 1. The van der Waals surface area contributed by atoms with Gasteiger partial charge in [-0.2, -0.15) is 5.26 Å². The van der Waals surface area contributed by atoms with E-state index in [4.69, 9.17) is 5.73 Å². The Morgan fingerprint density at radius 3 is 2.72 bits per heavy atom. The van der Waals surface area contributed by atoms with Gasteiger partial charge in [0.15, 0.2) is 5.82 Å². The van der Waals surface area contributed by atoms with Crippen LogP contribution in [0.4, 0.5) is 0 Å². The average molecular weight is 495 g/mol. The van der Waals surface area contributed by atoms with E-state index in [0.717, 1.165) is 52.4 Å². The number of thiophene rings is 1. The fourth-order valence-corrected chi connectivity index (χ4v) is 5.97. The summed E-state index contributed by atoms with van der Waals surface area (Å²) in [7, 11) is 0. The summed E-state index contributed by atoms with van der Waals surface area (Å²) < 4.78 is 0. The molecular formula is C27H26N8S. The molecule has 0 radical (unpaired) electrons. The number of aromatic nitrogens is 3. The Morgan fingerprint density at radius 2 is 2.03 bits per heavy atom. The van der Waals surface area contributed by atoms with Crippen LogP contribution in [-0.4, -0.2) is 53.0 Å². The average Bonchev–Trinajstić information content (AvgIpc) is 3.58. The van der Waals surface area contributed by atoms with Crippen molar-refractivity contribution in [3.63, 3.8) is 0 Å². The molecule has 4 aromatic rings. The van der Waals surface area contributed by atoms with Gasteiger partial charge in [0.25, 0.3) is 0 Å². The third-order valence-electron chi connectivity index (χ3n) is 6.37. The van der Waals surface area contributed by atoms with Crippen LogP contribution in [0.25, 0.3) is 27.0 Å². The number of aromatic amines is 1. The first-order valence-corrected chi connectivity index (χ1v) is 12.5. The van der Waals surface area contributed by atoms with Gasteiger partial charge in [-0.15, -0.1) is 21.5 Å². The van der Waals surface area contributed by atoms with Crippen molar-refractivity contribution in [2.24, 2.45) is 10.7 Å². The molecule has 0 amide bonds. The molecule has 3 heterocycles. The molecule has 1 fully saturated rings. The summed E-state index contributed by atoms with van der Waals surface area (Å²) in [6, 6.07) is 17.2. The molecule has 5 rings (SSSR count). The third-order valence-corrected chi connectivity index (χ3v) is 7.63. The number of allylic oxidation sites excluding steroid dienone is 2. The summed E-state index contributed by atoms with van der Waals surface area (Å²) in [5, 5.41) is 24.6. The van der Waals surface area contributed by atoms with Gasteiger partial charge in [0.1, 0.15) is 12.4 Å². The molecule has 1 aliphatic heterocycles. The van der Waals surface area contributed by atoms with Gasteiger partial charge in [0.2, 0.25) is 0 Å². The number of piperazine rings is 1. The van der Waals surface area contributed by atoms with E-state index in [1.165, 1.54) is 22.9 Å². The van der Waals surface area contributed by atoms with E-state index in [2.05, 4.69) is 73.5 Å². The van der Waals surface area contributed by atoms with Crippen molar-refractivity contribution in [2.45, 2.75) is 6.04 Å². The lowest BCUT2D eigenvalue weighted by atomic mass is 9.90. The van der Waals surface area contributed by atoms with E-state index in [1.807, 2.05) is 12.1 Å². The molecule has 4 N–H and O–H groups in total. The Morgan fingerprint density at radius 1 is 1.22 bits per heavy atom. The quantitative estimate of drug-likeness (QED) is 0.263. The molecular weight excluding hydrogens is 468 g/mol. The standard InChI is InChI=1S/C27H26N8S/c1-30-9-8-21(15-28)25-22(16-29)23(26(36-25)27-32-17-33-34-27)24(35-12-10-31-11-13-35)20-7-6-18-4-2-3-5-19(18)14-20/h2-9,14-15,17,24,31H,1,10-13,28H2,(H,32,33,34)/b9-8-,21-15+. The lowest BCUT2D eigenvalue weighted by Gasteiger charge is -2.36. The van der Waals surface area contributed by atoms with Crippen molar-refractivity contribution in [1.82, 2.24) is 25.4 Å².